The molecule has 0 N–H and O–H groups in total. The highest BCUT2D eigenvalue weighted by molar-refractivity contribution is 7.99. The minimum atomic E-state index is -2.48. The third-order valence-corrected chi connectivity index (χ3v) is 5.26. The van der Waals surface area contributed by atoms with Gasteiger partial charge < -0.3 is 4.74 Å². The van der Waals surface area contributed by atoms with E-state index in [0.29, 0.717) is 33.3 Å². The van der Waals surface area contributed by atoms with Crippen molar-refractivity contribution < 1.29 is 13.5 Å². The first-order valence-corrected chi connectivity index (χ1v) is 9.53. The van der Waals surface area contributed by atoms with Crippen LogP contribution in [0, 0.1) is 6.92 Å². The van der Waals surface area contributed by atoms with Crippen molar-refractivity contribution in [3.63, 3.8) is 0 Å². The van der Waals surface area contributed by atoms with E-state index in [9.17, 15) is 8.78 Å². The van der Waals surface area contributed by atoms with Crippen molar-refractivity contribution in [2.45, 2.75) is 28.5 Å². The molecular formula is C17H16F2N4OS2. The molecule has 0 unspecified atom stereocenters. The van der Waals surface area contributed by atoms with Gasteiger partial charge in [0.05, 0.1) is 17.7 Å². The van der Waals surface area contributed by atoms with Crippen molar-refractivity contribution in [2.75, 3.05) is 7.11 Å². The molecule has 2 aromatic carbocycles. The summed E-state index contributed by atoms with van der Waals surface area (Å²) >= 11 is 1.94. The highest BCUT2D eigenvalue weighted by atomic mass is 32.2. The predicted octanol–water partition coefficient (Wildman–Crippen LogP) is 4.59. The van der Waals surface area contributed by atoms with Crippen LogP contribution in [0.25, 0.3) is 5.69 Å². The maximum Gasteiger partial charge on any atom is 0.289 e. The van der Waals surface area contributed by atoms with Crippen LogP contribution in [0.1, 0.15) is 11.1 Å². The fraction of sp³-hybridized carbons (Fsp3) is 0.235. The van der Waals surface area contributed by atoms with Crippen LogP contribution >= 0.6 is 23.5 Å². The molecule has 0 aliphatic carbocycles. The smallest absolute Gasteiger partial charge is 0.289 e. The number of methoxy groups -OCH3 is 1. The van der Waals surface area contributed by atoms with E-state index < -0.39 is 5.76 Å². The number of tetrazole rings is 1. The Bertz CT molecular complexity index is 889. The lowest BCUT2D eigenvalue weighted by Gasteiger charge is -2.10. The second-order valence-corrected chi connectivity index (χ2v) is 7.34. The average molecular weight is 394 g/mol. The number of rotatable bonds is 7. The normalized spacial score (nSPS) is 11.1. The molecule has 26 heavy (non-hydrogen) atoms. The minimum absolute atomic E-state index is 0.417. The van der Waals surface area contributed by atoms with Gasteiger partial charge in [0.1, 0.15) is 5.75 Å². The molecule has 136 valence electrons. The van der Waals surface area contributed by atoms with E-state index in [1.165, 1.54) is 18.9 Å². The van der Waals surface area contributed by atoms with Crippen LogP contribution in [-0.4, -0.2) is 33.1 Å². The van der Waals surface area contributed by atoms with Crippen LogP contribution < -0.4 is 4.74 Å². The zero-order valence-electron chi connectivity index (χ0n) is 14.1. The molecule has 3 rings (SSSR count). The Morgan fingerprint density at radius 2 is 2.04 bits per heavy atom. The van der Waals surface area contributed by atoms with E-state index >= 15 is 0 Å². The summed E-state index contributed by atoms with van der Waals surface area (Å²) < 4.78 is 32.1. The fourth-order valence-electron chi connectivity index (χ4n) is 2.33. The van der Waals surface area contributed by atoms with Gasteiger partial charge in [-0.1, -0.05) is 41.7 Å². The van der Waals surface area contributed by atoms with Crippen molar-refractivity contribution >= 4 is 23.5 Å². The van der Waals surface area contributed by atoms with Gasteiger partial charge in [-0.05, 0) is 52.7 Å². The van der Waals surface area contributed by atoms with Crippen LogP contribution in [0.4, 0.5) is 8.78 Å². The van der Waals surface area contributed by atoms with E-state index in [2.05, 4.69) is 15.5 Å². The molecule has 0 amide bonds. The highest BCUT2D eigenvalue weighted by Gasteiger charge is 2.13. The number of nitrogens with zero attached hydrogens (tertiary/aromatic N) is 4. The Morgan fingerprint density at radius 3 is 2.77 bits per heavy atom. The first kappa shape index (κ1) is 18.7. The molecule has 0 bridgehead atoms. The molecule has 3 aromatic rings. The molecule has 1 aromatic heterocycles. The van der Waals surface area contributed by atoms with Crippen LogP contribution in [0.3, 0.4) is 0 Å². The van der Waals surface area contributed by atoms with E-state index in [1.807, 2.05) is 31.2 Å². The number of aryl methyl sites for hydroxylation is 1. The average Bonchev–Trinajstić information content (AvgIpc) is 3.09. The third kappa shape index (κ3) is 4.53. The standard InChI is InChI=1S/C17H16F2N4OS2/c1-11-4-3-5-13(8-11)23-17(20-21-22-23)25-10-12-6-7-15(26-16(18)19)14(9-12)24-2/h3-9,16H,10H2,1-2H3. The zero-order valence-corrected chi connectivity index (χ0v) is 15.7. The van der Waals surface area contributed by atoms with Crippen molar-refractivity contribution in [3.8, 4) is 11.4 Å². The summed E-state index contributed by atoms with van der Waals surface area (Å²) in [6.07, 6.45) is 0. The monoisotopic (exact) mass is 394 g/mol. The number of hydrogen-bond acceptors (Lipinski definition) is 6. The summed E-state index contributed by atoms with van der Waals surface area (Å²) in [6.45, 7) is 2.01. The SMILES string of the molecule is COc1cc(CSc2nnnn2-c2cccc(C)c2)ccc1SC(F)F. The van der Waals surface area contributed by atoms with Gasteiger partial charge >= 0.3 is 0 Å². The summed E-state index contributed by atoms with van der Waals surface area (Å²) in [6, 6.07) is 13.1. The van der Waals surface area contributed by atoms with Crippen molar-refractivity contribution in [1.29, 1.82) is 0 Å². The van der Waals surface area contributed by atoms with Crippen molar-refractivity contribution in [3.05, 3.63) is 53.6 Å². The van der Waals surface area contributed by atoms with Gasteiger partial charge in [0.2, 0.25) is 5.16 Å². The van der Waals surface area contributed by atoms with Crippen molar-refractivity contribution in [1.82, 2.24) is 20.2 Å². The van der Waals surface area contributed by atoms with Gasteiger partial charge in [-0.3, -0.25) is 0 Å². The molecular weight excluding hydrogens is 378 g/mol. The molecule has 0 saturated carbocycles. The van der Waals surface area contributed by atoms with E-state index in [1.54, 1.807) is 22.9 Å². The fourth-order valence-corrected chi connectivity index (χ4v) is 3.76. The Kier molecular flexibility index (Phi) is 6.10. The number of benzene rings is 2. The second kappa shape index (κ2) is 8.50. The minimum Gasteiger partial charge on any atom is -0.496 e. The summed E-state index contributed by atoms with van der Waals surface area (Å²) in [7, 11) is 1.47. The quantitative estimate of drug-likeness (QED) is 0.547. The Labute approximate surface area is 158 Å². The number of thioether (sulfide) groups is 2. The maximum absolute atomic E-state index is 12.6. The Hall–Kier alpha value is -2.13. The summed E-state index contributed by atoms with van der Waals surface area (Å²) in [5.74, 6) is -1.46. The highest BCUT2D eigenvalue weighted by Crippen LogP contribution is 2.35. The van der Waals surface area contributed by atoms with Crippen LogP contribution in [0.5, 0.6) is 5.75 Å². The van der Waals surface area contributed by atoms with Crippen molar-refractivity contribution in [2.24, 2.45) is 0 Å². The molecule has 0 aliphatic heterocycles. The first-order valence-electron chi connectivity index (χ1n) is 7.67. The van der Waals surface area contributed by atoms with Gasteiger partial charge in [0.15, 0.2) is 0 Å². The molecule has 0 saturated heterocycles. The van der Waals surface area contributed by atoms with Crippen LogP contribution in [0.2, 0.25) is 0 Å². The topological polar surface area (TPSA) is 52.8 Å². The summed E-state index contributed by atoms with van der Waals surface area (Å²) in [4.78, 5) is 0.417. The van der Waals surface area contributed by atoms with E-state index in [4.69, 9.17) is 4.74 Å². The Balaban J connectivity index is 1.75. The van der Waals surface area contributed by atoms with Gasteiger partial charge in [0.25, 0.3) is 5.76 Å². The molecule has 5 nitrogen and oxygen atoms in total. The third-order valence-electron chi connectivity index (χ3n) is 3.50. The van der Waals surface area contributed by atoms with Gasteiger partial charge in [-0.25, -0.2) is 0 Å². The molecule has 0 atom stereocenters. The number of halogens is 2. The first-order chi connectivity index (χ1) is 12.6. The number of aromatic nitrogens is 4. The van der Waals surface area contributed by atoms with Gasteiger partial charge in [0, 0.05) is 5.75 Å². The lowest BCUT2D eigenvalue weighted by atomic mass is 10.2. The number of ether oxygens (including phenoxy) is 1. The summed E-state index contributed by atoms with van der Waals surface area (Å²) in [5.41, 5.74) is 2.94. The lowest BCUT2D eigenvalue weighted by molar-refractivity contribution is 0.251. The lowest BCUT2D eigenvalue weighted by Crippen LogP contribution is -1.99. The van der Waals surface area contributed by atoms with Gasteiger partial charge in [-0.15, -0.1) is 5.10 Å². The largest absolute Gasteiger partial charge is 0.496 e. The molecule has 0 fully saturated rings. The second-order valence-electron chi connectivity index (χ2n) is 5.36. The van der Waals surface area contributed by atoms with E-state index in [0.717, 1.165) is 16.8 Å². The van der Waals surface area contributed by atoms with E-state index in [-0.39, 0.29) is 0 Å². The van der Waals surface area contributed by atoms with Crippen LogP contribution in [-0.2, 0) is 5.75 Å². The molecule has 0 radical (unpaired) electrons. The van der Waals surface area contributed by atoms with Crippen LogP contribution in [0.15, 0.2) is 52.5 Å². The Morgan fingerprint density at radius 1 is 1.19 bits per heavy atom. The molecule has 0 spiro atoms. The number of alkyl halides is 2. The van der Waals surface area contributed by atoms with Gasteiger partial charge in [-0.2, -0.15) is 13.5 Å². The maximum atomic E-state index is 12.6. The number of hydrogen-bond donors (Lipinski definition) is 0. The predicted molar refractivity (Wildman–Crippen MR) is 98.3 cm³/mol. The molecule has 1 heterocycles. The summed E-state index contributed by atoms with van der Waals surface area (Å²) in [5, 5.41) is 12.5. The molecule has 0 aliphatic rings. The zero-order chi connectivity index (χ0) is 18.5. The molecule has 9 heteroatoms.